The molecule has 13 heavy (non-hydrogen) atoms. The van der Waals surface area contributed by atoms with Crippen molar-refractivity contribution in [1.29, 1.82) is 15.8 Å². The molecular weight excluding hydrogens is 184 g/mol. The second-order valence-corrected chi connectivity index (χ2v) is 2.85. The van der Waals surface area contributed by atoms with Crippen molar-refractivity contribution < 1.29 is 0 Å². The zero-order chi connectivity index (χ0) is 9.68. The molecule has 0 saturated carbocycles. The van der Waals surface area contributed by atoms with Gasteiger partial charge in [-0.3, -0.25) is 0 Å². The van der Waals surface area contributed by atoms with Crippen molar-refractivity contribution in [3.8, 4) is 18.2 Å². The molecule has 0 aliphatic rings. The van der Waals surface area contributed by atoms with Gasteiger partial charge in [-0.25, -0.2) is 4.98 Å². The van der Waals surface area contributed by atoms with Crippen molar-refractivity contribution >= 4 is 17.4 Å². The Bertz CT molecular complexity index is 448. The van der Waals surface area contributed by atoms with Gasteiger partial charge in [-0.15, -0.1) is 11.3 Å². The van der Waals surface area contributed by atoms with E-state index in [4.69, 9.17) is 15.8 Å². The molecule has 4 nitrogen and oxygen atoms in total. The highest BCUT2D eigenvalue weighted by Gasteiger charge is 1.99. The van der Waals surface area contributed by atoms with E-state index in [2.05, 4.69) is 4.98 Å². The Kier molecular flexibility index (Phi) is 2.76. The molecule has 60 valence electrons. The summed E-state index contributed by atoms with van der Waals surface area (Å²) in [4.78, 5) is 3.84. The molecule has 1 heterocycles. The largest absolute Gasteiger partial charge is 0.226 e. The monoisotopic (exact) mass is 186 g/mol. The fourth-order valence-corrected chi connectivity index (χ4v) is 1.29. The lowest BCUT2D eigenvalue weighted by Crippen LogP contribution is -1.75. The number of hydrogen-bond acceptors (Lipinski definition) is 5. The van der Waals surface area contributed by atoms with Crippen molar-refractivity contribution in [2.45, 2.75) is 0 Å². The quantitative estimate of drug-likeness (QED) is 0.621. The second kappa shape index (κ2) is 4.01. The maximum Gasteiger partial charge on any atom is 0.152 e. The van der Waals surface area contributed by atoms with Crippen LogP contribution in [-0.4, -0.2) is 4.98 Å². The van der Waals surface area contributed by atoms with Gasteiger partial charge in [-0.2, -0.15) is 15.8 Å². The van der Waals surface area contributed by atoms with Crippen LogP contribution in [0, 0.1) is 34.0 Å². The summed E-state index contributed by atoms with van der Waals surface area (Å²) >= 11 is 1.22. The molecule has 0 aliphatic carbocycles. The van der Waals surface area contributed by atoms with E-state index in [1.807, 2.05) is 6.07 Å². The zero-order valence-corrected chi connectivity index (χ0v) is 7.17. The number of hydrogen-bond donors (Lipinski definition) is 0. The number of thiazole rings is 1. The van der Waals surface area contributed by atoms with Gasteiger partial charge in [-0.05, 0) is 0 Å². The number of nitriles is 3. The molecule has 0 aliphatic heterocycles. The maximum atomic E-state index is 8.44. The first kappa shape index (κ1) is 8.93. The molecule has 0 spiro atoms. The highest BCUT2D eigenvalue weighted by molar-refractivity contribution is 7.10. The molecule has 0 fully saturated rings. The molecule has 0 radical (unpaired) electrons. The van der Waals surface area contributed by atoms with Crippen LogP contribution in [0.25, 0.3) is 6.08 Å². The molecule has 0 amide bonds. The fraction of sp³-hybridized carbons (Fsp3) is 0. The third-order valence-electron chi connectivity index (χ3n) is 1.15. The number of rotatable bonds is 1. The van der Waals surface area contributed by atoms with Crippen LogP contribution in [-0.2, 0) is 0 Å². The number of nitrogens with zero attached hydrogens (tertiary/aromatic N) is 4. The van der Waals surface area contributed by atoms with E-state index in [1.165, 1.54) is 17.4 Å². The number of allylic oxidation sites excluding steroid dienone is 1. The first-order valence-electron chi connectivity index (χ1n) is 3.17. The van der Waals surface area contributed by atoms with Gasteiger partial charge in [-0.1, -0.05) is 0 Å². The first-order chi connectivity index (χ1) is 6.30. The van der Waals surface area contributed by atoms with Gasteiger partial charge in [0, 0.05) is 11.5 Å². The highest BCUT2D eigenvalue weighted by Crippen LogP contribution is 2.12. The number of aromatic nitrogens is 1. The van der Waals surface area contributed by atoms with Crippen LogP contribution in [0.2, 0.25) is 0 Å². The molecule has 0 bridgehead atoms. The third kappa shape index (κ3) is 2.13. The minimum atomic E-state index is -0.0150. The van der Waals surface area contributed by atoms with Crippen molar-refractivity contribution in [3.05, 3.63) is 21.7 Å². The van der Waals surface area contributed by atoms with Crippen molar-refractivity contribution in [3.63, 3.8) is 0 Å². The third-order valence-corrected chi connectivity index (χ3v) is 1.94. The van der Waals surface area contributed by atoms with E-state index < -0.39 is 0 Å². The fourth-order valence-electron chi connectivity index (χ4n) is 0.618. The van der Waals surface area contributed by atoms with Gasteiger partial charge in [0.25, 0.3) is 0 Å². The average Bonchev–Trinajstić information content (AvgIpc) is 2.61. The van der Waals surface area contributed by atoms with Crippen LogP contribution in [0.5, 0.6) is 0 Å². The predicted octanol–water partition coefficient (Wildman–Crippen LogP) is 1.45. The predicted molar refractivity (Wildman–Crippen MR) is 46.0 cm³/mol. The molecule has 0 saturated heterocycles. The van der Waals surface area contributed by atoms with Crippen LogP contribution in [0.4, 0.5) is 0 Å². The molecule has 0 unspecified atom stereocenters. The zero-order valence-electron chi connectivity index (χ0n) is 6.35. The van der Waals surface area contributed by atoms with E-state index >= 15 is 0 Å². The summed E-state index contributed by atoms with van der Waals surface area (Å²) in [6.07, 6.45) is 1.35. The first-order valence-corrected chi connectivity index (χ1v) is 4.05. The molecule has 0 aromatic carbocycles. The van der Waals surface area contributed by atoms with Crippen molar-refractivity contribution in [1.82, 2.24) is 4.98 Å². The Balaban J connectivity index is 3.01. The Morgan fingerprint density at radius 2 is 2.08 bits per heavy atom. The standard InChI is InChI=1S/C8H2N4S/c9-2-6(3-10)1-8-12-7(4-11)5-13-8/h1,5H. The average molecular weight is 186 g/mol. The summed E-state index contributed by atoms with van der Waals surface area (Å²) in [5.41, 5.74) is 0.283. The van der Waals surface area contributed by atoms with Gasteiger partial charge < -0.3 is 0 Å². The Morgan fingerprint density at radius 1 is 1.38 bits per heavy atom. The molecular formula is C8H2N4S. The van der Waals surface area contributed by atoms with Crippen LogP contribution in [0.3, 0.4) is 0 Å². The van der Waals surface area contributed by atoms with Crippen LogP contribution in [0.1, 0.15) is 10.7 Å². The van der Waals surface area contributed by atoms with Gasteiger partial charge in [0.1, 0.15) is 28.8 Å². The molecule has 1 aromatic rings. The Morgan fingerprint density at radius 3 is 2.54 bits per heavy atom. The smallest absolute Gasteiger partial charge is 0.152 e. The van der Waals surface area contributed by atoms with Crippen molar-refractivity contribution in [2.24, 2.45) is 0 Å². The van der Waals surface area contributed by atoms with E-state index in [0.29, 0.717) is 10.7 Å². The van der Waals surface area contributed by atoms with Crippen molar-refractivity contribution in [2.75, 3.05) is 0 Å². The van der Waals surface area contributed by atoms with Gasteiger partial charge >= 0.3 is 0 Å². The summed E-state index contributed by atoms with van der Waals surface area (Å²) in [6, 6.07) is 5.28. The van der Waals surface area contributed by atoms with Crippen LogP contribution in [0.15, 0.2) is 11.0 Å². The van der Waals surface area contributed by atoms with Gasteiger partial charge in [0.05, 0.1) is 0 Å². The lowest BCUT2D eigenvalue weighted by Gasteiger charge is -1.79. The van der Waals surface area contributed by atoms with E-state index in [1.54, 1.807) is 17.5 Å². The van der Waals surface area contributed by atoms with E-state index in [0.717, 1.165) is 0 Å². The second-order valence-electron chi connectivity index (χ2n) is 1.96. The molecule has 0 N–H and O–H groups in total. The van der Waals surface area contributed by atoms with E-state index in [-0.39, 0.29) is 5.57 Å². The topological polar surface area (TPSA) is 84.3 Å². The summed E-state index contributed by atoms with van der Waals surface area (Å²) in [6.45, 7) is 0. The minimum Gasteiger partial charge on any atom is -0.226 e. The molecule has 1 aromatic heterocycles. The molecule has 1 rings (SSSR count). The normalized spacial score (nSPS) is 7.77. The molecule has 5 heteroatoms. The SMILES string of the molecule is N#CC(C#N)=Cc1nc(C#N)cs1. The highest BCUT2D eigenvalue weighted by atomic mass is 32.1. The maximum absolute atomic E-state index is 8.44. The lowest BCUT2D eigenvalue weighted by atomic mass is 10.3. The van der Waals surface area contributed by atoms with Gasteiger partial charge in [0.2, 0.25) is 0 Å². The Labute approximate surface area is 78.6 Å². The van der Waals surface area contributed by atoms with Gasteiger partial charge in [0.15, 0.2) is 5.69 Å². The summed E-state index contributed by atoms with van der Waals surface area (Å²) in [7, 11) is 0. The van der Waals surface area contributed by atoms with E-state index in [9.17, 15) is 0 Å². The lowest BCUT2D eigenvalue weighted by molar-refractivity contribution is 1.31. The van der Waals surface area contributed by atoms with Crippen LogP contribution >= 0.6 is 11.3 Å². The Hall–Kier alpha value is -2.16. The summed E-state index contributed by atoms with van der Waals surface area (Å²) < 4.78 is 0. The summed E-state index contributed by atoms with van der Waals surface area (Å²) in [5.74, 6) is 0. The van der Waals surface area contributed by atoms with Crippen LogP contribution < -0.4 is 0 Å². The molecule has 0 atom stereocenters. The summed E-state index contributed by atoms with van der Waals surface area (Å²) in [5, 5.41) is 27.4. The minimum absolute atomic E-state index is 0.0150.